The molecule has 1 fully saturated rings. The van der Waals surface area contributed by atoms with Crippen molar-refractivity contribution in [3.63, 3.8) is 0 Å². The quantitative estimate of drug-likeness (QED) is 0.185. The summed E-state index contributed by atoms with van der Waals surface area (Å²) in [5.41, 5.74) is 0.754. The number of anilines is 2. The number of ether oxygens (including phenoxy) is 4. The highest BCUT2D eigenvalue weighted by atomic mass is 35.5. The summed E-state index contributed by atoms with van der Waals surface area (Å²) in [5.74, 6) is -0.846. The van der Waals surface area contributed by atoms with Gasteiger partial charge in [0.05, 0.1) is 36.1 Å². The average Bonchev–Trinajstić information content (AvgIpc) is 3.00. The second-order valence-electron chi connectivity index (χ2n) is 9.25. The van der Waals surface area contributed by atoms with Gasteiger partial charge in [0.2, 0.25) is 0 Å². The van der Waals surface area contributed by atoms with Crippen LogP contribution < -0.4 is 34.5 Å². The fourth-order valence-electron chi connectivity index (χ4n) is 4.10. The molecular weight excluding hydrogens is 613 g/mol. The Morgan fingerprint density at radius 3 is 2.34 bits per heavy atom. The lowest BCUT2D eigenvalue weighted by molar-refractivity contribution is -0.122. The number of barbiturate groups is 1. The van der Waals surface area contributed by atoms with E-state index in [-0.39, 0.29) is 29.4 Å². The van der Waals surface area contributed by atoms with Crippen molar-refractivity contribution in [1.82, 2.24) is 5.32 Å². The van der Waals surface area contributed by atoms with E-state index >= 15 is 0 Å². The van der Waals surface area contributed by atoms with Gasteiger partial charge in [-0.05, 0) is 67.4 Å². The van der Waals surface area contributed by atoms with Crippen molar-refractivity contribution in [3.05, 3.63) is 75.8 Å². The van der Waals surface area contributed by atoms with Crippen molar-refractivity contribution in [3.8, 4) is 23.0 Å². The van der Waals surface area contributed by atoms with Gasteiger partial charge in [0.15, 0.2) is 29.6 Å². The molecule has 230 valence electrons. The SMILES string of the molecule is CCCOc1ccc(N2C(=O)NC(=O)/C(=C\c3ccc(OCC(=O)Nc4ccc(Cl)c(Cl)c4)c(OC)c3)C2=O)cc1OCC. The number of methoxy groups -OCH3 is 1. The first-order valence-corrected chi connectivity index (χ1v) is 14.3. The molecule has 0 saturated carbocycles. The van der Waals surface area contributed by atoms with Crippen LogP contribution in [-0.2, 0) is 14.4 Å². The van der Waals surface area contributed by atoms with Gasteiger partial charge in [-0.3, -0.25) is 19.7 Å². The van der Waals surface area contributed by atoms with Crippen LogP contribution in [0.1, 0.15) is 25.8 Å². The molecule has 5 amide bonds. The van der Waals surface area contributed by atoms with Crippen LogP contribution in [0.15, 0.2) is 60.2 Å². The summed E-state index contributed by atoms with van der Waals surface area (Å²) in [4.78, 5) is 52.2. The van der Waals surface area contributed by atoms with E-state index in [9.17, 15) is 19.2 Å². The molecule has 0 bridgehead atoms. The molecule has 3 aromatic carbocycles. The van der Waals surface area contributed by atoms with Gasteiger partial charge in [-0.1, -0.05) is 36.2 Å². The van der Waals surface area contributed by atoms with Gasteiger partial charge in [-0.15, -0.1) is 0 Å². The molecule has 1 aliphatic heterocycles. The number of benzene rings is 3. The lowest BCUT2D eigenvalue weighted by Gasteiger charge is -2.27. The maximum Gasteiger partial charge on any atom is 0.335 e. The molecule has 13 heteroatoms. The number of carbonyl (C=O) groups is 4. The maximum atomic E-state index is 13.5. The van der Waals surface area contributed by atoms with Gasteiger partial charge in [0.25, 0.3) is 17.7 Å². The van der Waals surface area contributed by atoms with Crippen molar-refractivity contribution >= 4 is 64.4 Å². The highest BCUT2D eigenvalue weighted by Crippen LogP contribution is 2.34. The van der Waals surface area contributed by atoms with Crippen molar-refractivity contribution < 1.29 is 38.1 Å². The molecule has 0 radical (unpaired) electrons. The normalized spacial score (nSPS) is 13.9. The number of hydrogen-bond donors (Lipinski definition) is 2. The Bertz CT molecular complexity index is 1630. The summed E-state index contributed by atoms with van der Waals surface area (Å²) < 4.78 is 22.4. The van der Waals surface area contributed by atoms with Crippen molar-refractivity contribution in [1.29, 1.82) is 0 Å². The number of rotatable bonds is 12. The molecule has 3 aromatic rings. The Labute approximate surface area is 263 Å². The first kappa shape index (κ1) is 32.2. The van der Waals surface area contributed by atoms with Gasteiger partial charge in [-0.25, -0.2) is 9.69 Å². The van der Waals surface area contributed by atoms with E-state index in [0.717, 1.165) is 11.3 Å². The fourth-order valence-corrected chi connectivity index (χ4v) is 4.40. The molecular formula is C31H29Cl2N3O8. The minimum absolute atomic E-state index is 0.193. The Morgan fingerprint density at radius 2 is 1.64 bits per heavy atom. The number of nitrogens with zero attached hydrogens (tertiary/aromatic N) is 1. The second-order valence-corrected chi connectivity index (χ2v) is 10.1. The third-order valence-electron chi connectivity index (χ3n) is 6.11. The number of urea groups is 1. The summed E-state index contributed by atoms with van der Waals surface area (Å²) in [6, 6.07) is 13.0. The van der Waals surface area contributed by atoms with Crippen LogP contribution in [0.25, 0.3) is 6.08 Å². The number of carbonyl (C=O) groups excluding carboxylic acids is 4. The van der Waals surface area contributed by atoms with Crippen molar-refractivity contribution in [2.75, 3.05) is 37.1 Å². The van der Waals surface area contributed by atoms with Crippen LogP contribution in [0.5, 0.6) is 23.0 Å². The fraction of sp³-hybridized carbons (Fsp3) is 0.226. The molecule has 0 aromatic heterocycles. The van der Waals surface area contributed by atoms with Crippen LogP contribution in [0.2, 0.25) is 10.0 Å². The van der Waals surface area contributed by atoms with E-state index < -0.39 is 23.8 Å². The smallest absolute Gasteiger partial charge is 0.335 e. The summed E-state index contributed by atoms with van der Waals surface area (Å²) in [5, 5.41) is 5.50. The predicted octanol–water partition coefficient (Wildman–Crippen LogP) is 5.87. The number of imide groups is 2. The zero-order chi connectivity index (χ0) is 31.8. The highest BCUT2D eigenvalue weighted by Gasteiger charge is 2.37. The van der Waals surface area contributed by atoms with Crippen LogP contribution in [0, 0.1) is 0 Å². The van der Waals surface area contributed by atoms with Crippen molar-refractivity contribution in [2.24, 2.45) is 0 Å². The minimum Gasteiger partial charge on any atom is -0.493 e. The molecule has 1 saturated heterocycles. The minimum atomic E-state index is -0.901. The standard InChI is InChI=1S/C31H29Cl2N3O8/c1-4-12-43-25-11-8-20(16-27(25)42-5-2)36-30(39)21(29(38)35-31(36)40)13-18-6-10-24(26(14-18)41-3)44-17-28(37)34-19-7-9-22(32)23(33)15-19/h6-11,13-16H,4-5,12,17H2,1-3H3,(H,34,37)(H,35,38,40)/b21-13+. The molecule has 0 unspecified atom stereocenters. The topological polar surface area (TPSA) is 132 Å². The lowest BCUT2D eigenvalue weighted by Crippen LogP contribution is -2.54. The van der Waals surface area contributed by atoms with E-state index in [2.05, 4.69) is 10.6 Å². The summed E-state index contributed by atoms with van der Waals surface area (Å²) >= 11 is 11.9. The van der Waals surface area contributed by atoms with E-state index in [1.165, 1.54) is 43.5 Å². The van der Waals surface area contributed by atoms with Crippen LogP contribution >= 0.6 is 23.2 Å². The first-order valence-electron chi connectivity index (χ1n) is 13.5. The number of nitrogens with one attached hydrogen (secondary N) is 2. The maximum absolute atomic E-state index is 13.5. The molecule has 2 N–H and O–H groups in total. The first-order chi connectivity index (χ1) is 21.1. The Kier molecular flexibility index (Phi) is 10.7. The van der Waals surface area contributed by atoms with Gasteiger partial charge >= 0.3 is 6.03 Å². The Hall–Kier alpha value is -4.74. The van der Waals surface area contributed by atoms with Crippen molar-refractivity contribution in [2.45, 2.75) is 20.3 Å². The Morgan fingerprint density at radius 1 is 0.886 bits per heavy atom. The molecule has 1 aliphatic rings. The lowest BCUT2D eigenvalue weighted by atomic mass is 10.1. The number of amides is 5. The molecule has 11 nitrogen and oxygen atoms in total. The summed E-state index contributed by atoms with van der Waals surface area (Å²) in [7, 11) is 1.40. The average molecular weight is 642 g/mol. The highest BCUT2D eigenvalue weighted by molar-refractivity contribution is 6.42. The second kappa shape index (κ2) is 14.6. The van der Waals surface area contributed by atoms with Crippen LogP contribution in [-0.4, -0.2) is 50.7 Å². The van der Waals surface area contributed by atoms with E-state index in [1.54, 1.807) is 31.2 Å². The van der Waals surface area contributed by atoms with Crippen LogP contribution in [0.3, 0.4) is 0 Å². The zero-order valence-electron chi connectivity index (χ0n) is 24.1. The molecule has 0 spiro atoms. The van der Waals surface area contributed by atoms with E-state index in [0.29, 0.717) is 46.0 Å². The largest absolute Gasteiger partial charge is 0.493 e. The van der Waals surface area contributed by atoms with Crippen LogP contribution in [0.4, 0.5) is 16.2 Å². The number of hydrogen-bond acceptors (Lipinski definition) is 8. The monoisotopic (exact) mass is 641 g/mol. The van der Waals surface area contributed by atoms with Gasteiger partial charge in [0.1, 0.15) is 5.57 Å². The van der Waals surface area contributed by atoms with Gasteiger partial charge in [0, 0.05) is 11.8 Å². The molecule has 44 heavy (non-hydrogen) atoms. The van der Waals surface area contributed by atoms with E-state index in [1.807, 2.05) is 6.92 Å². The Balaban J connectivity index is 1.52. The third-order valence-corrected chi connectivity index (χ3v) is 6.85. The van der Waals surface area contributed by atoms with Gasteiger partial charge in [-0.2, -0.15) is 0 Å². The third kappa shape index (κ3) is 7.61. The molecule has 4 rings (SSSR count). The molecule has 1 heterocycles. The summed E-state index contributed by atoms with van der Waals surface area (Å²) in [6.45, 7) is 4.21. The zero-order valence-corrected chi connectivity index (χ0v) is 25.6. The number of halogens is 2. The van der Waals surface area contributed by atoms with E-state index in [4.69, 9.17) is 42.1 Å². The molecule has 0 aliphatic carbocycles. The van der Waals surface area contributed by atoms with Gasteiger partial charge < -0.3 is 24.3 Å². The predicted molar refractivity (Wildman–Crippen MR) is 166 cm³/mol. The summed E-state index contributed by atoms with van der Waals surface area (Å²) in [6.07, 6.45) is 2.10. The molecule has 0 atom stereocenters.